The Hall–Kier alpha value is -1.49. The van der Waals surface area contributed by atoms with Gasteiger partial charge >= 0.3 is 5.69 Å². The molecule has 0 aromatic heterocycles. The molecule has 2 atom stereocenters. The van der Waals surface area contributed by atoms with Crippen molar-refractivity contribution in [1.29, 1.82) is 0 Å². The van der Waals surface area contributed by atoms with E-state index in [-0.39, 0.29) is 0 Å². The zero-order valence-electron chi connectivity index (χ0n) is 11.3. The van der Waals surface area contributed by atoms with Crippen molar-refractivity contribution in [1.82, 2.24) is 4.90 Å². The van der Waals surface area contributed by atoms with Gasteiger partial charge in [0.15, 0.2) is 0 Å². The van der Waals surface area contributed by atoms with Crippen molar-refractivity contribution in [2.45, 2.75) is 39.3 Å². The van der Waals surface area contributed by atoms with Gasteiger partial charge in [-0.15, -0.1) is 0 Å². The molecule has 0 saturated carbocycles. The lowest BCUT2D eigenvalue weighted by Crippen LogP contribution is -2.39. The summed E-state index contributed by atoms with van der Waals surface area (Å²) in [5.41, 5.74) is -0.0221. The van der Waals surface area contributed by atoms with E-state index in [0.29, 0.717) is 24.1 Å². The molecule has 0 N–H and O–H groups in total. The molecule has 0 bridgehead atoms. The Morgan fingerprint density at radius 2 is 2.21 bits per heavy atom. The van der Waals surface area contributed by atoms with E-state index in [1.807, 2.05) is 0 Å². The highest BCUT2D eigenvalue weighted by Crippen LogP contribution is 2.26. The summed E-state index contributed by atoms with van der Waals surface area (Å²) < 4.78 is 14.0. The molecule has 5 heteroatoms. The lowest BCUT2D eigenvalue weighted by molar-refractivity contribution is -0.387. The molecule has 2 rings (SSSR count). The summed E-state index contributed by atoms with van der Waals surface area (Å²) in [7, 11) is 0. The van der Waals surface area contributed by atoms with Crippen LogP contribution in [0.25, 0.3) is 0 Å². The highest BCUT2D eigenvalue weighted by Gasteiger charge is 2.25. The molecular formula is C14H19FN2O2. The third kappa shape index (κ3) is 3.10. The molecule has 2 unspecified atom stereocenters. The first-order valence-corrected chi connectivity index (χ1v) is 6.65. The number of halogens is 1. The molecule has 1 saturated heterocycles. The molecule has 1 aromatic rings. The minimum absolute atomic E-state index is 0.391. The molecule has 0 amide bonds. The van der Waals surface area contributed by atoms with E-state index >= 15 is 0 Å². The number of nitro benzene ring substituents is 1. The molecule has 0 radical (unpaired) electrons. The fraction of sp³-hybridized carbons (Fsp3) is 0.571. The Morgan fingerprint density at radius 3 is 2.84 bits per heavy atom. The van der Waals surface area contributed by atoms with E-state index in [0.717, 1.165) is 19.4 Å². The summed E-state index contributed by atoms with van der Waals surface area (Å²) in [5, 5.41) is 10.7. The number of likely N-dealkylation sites (tertiary alicyclic amines) is 1. The van der Waals surface area contributed by atoms with Crippen molar-refractivity contribution in [3.63, 3.8) is 0 Å². The van der Waals surface area contributed by atoms with Gasteiger partial charge < -0.3 is 0 Å². The maximum absolute atomic E-state index is 14.0. The van der Waals surface area contributed by atoms with Crippen LogP contribution in [-0.2, 0) is 6.54 Å². The van der Waals surface area contributed by atoms with Crippen molar-refractivity contribution < 1.29 is 9.31 Å². The van der Waals surface area contributed by atoms with Crippen LogP contribution < -0.4 is 0 Å². The Balaban J connectivity index is 2.15. The summed E-state index contributed by atoms with van der Waals surface area (Å²) in [5.74, 6) is -0.000437. The summed E-state index contributed by atoms with van der Waals surface area (Å²) in [6.07, 6.45) is 2.19. The molecular weight excluding hydrogens is 247 g/mol. The fourth-order valence-corrected chi connectivity index (χ4v) is 2.74. The first-order valence-electron chi connectivity index (χ1n) is 6.65. The van der Waals surface area contributed by atoms with Gasteiger partial charge in [0.2, 0.25) is 5.82 Å². The highest BCUT2D eigenvalue weighted by molar-refractivity contribution is 5.36. The third-order valence-corrected chi connectivity index (χ3v) is 3.90. The summed E-state index contributed by atoms with van der Waals surface area (Å²) in [4.78, 5) is 12.3. The Kier molecular flexibility index (Phi) is 4.14. The van der Waals surface area contributed by atoms with Crippen molar-refractivity contribution in [3.05, 3.63) is 39.7 Å². The quantitative estimate of drug-likeness (QED) is 0.622. The van der Waals surface area contributed by atoms with E-state index in [1.165, 1.54) is 6.07 Å². The van der Waals surface area contributed by atoms with Gasteiger partial charge in [-0.05, 0) is 32.2 Å². The number of nitrogens with zero attached hydrogens (tertiary/aromatic N) is 2. The second-order valence-electron chi connectivity index (χ2n) is 5.46. The predicted octanol–water partition coefficient (Wildman–Crippen LogP) is 3.35. The third-order valence-electron chi connectivity index (χ3n) is 3.90. The van der Waals surface area contributed by atoms with Gasteiger partial charge in [0.1, 0.15) is 0 Å². The molecule has 0 spiro atoms. The summed E-state index contributed by atoms with van der Waals surface area (Å²) in [6, 6.07) is 4.78. The normalized spacial score (nSPS) is 24.4. The molecule has 1 fully saturated rings. The Labute approximate surface area is 112 Å². The van der Waals surface area contributed by atoms with Crippen molar-refractivity contribution in [2.75, 3.05) is 6.54 Å². The summed E-state index contributed by atoms with van der Waals surface area (Å²) >= 11 is 0. The number of piperidine rings is 1. The average Bonchev–Trinajstić information content (AvgIpc) is 2.34. The Bertz CT molecular complexity index is 479. The lowest BCUT2D eigenvalue weighted by Gasteiger charge is -2.36. The van der Waals surface area contributed by atoms with Crippen molar-refractivity contribution in [2.24, 2.45) is 5.92 Å². The molecule has 19 heavy (non-hydrogen) atoms. The van der Waals surface area contributed by atoms with Crippen LogP contribution in [-0.4, -0.2) is 22.4 Å². The second-order valence-corrected chi connectivity index (χ2v) is 5.46. The van der Waals surface area contributed by atoms with Gasteiger partial charge in [0.25, 0.3) is 0 Å². The standard InChI is InChI=1S/C14H19FN2O2/c1-10-6-7-16(11(2)8-10)9-12-4-3-5-13(14(12)15)17(18)19/h3-5,10-11H,6-9H2,1-2H3. The zero-order valence-corrected chi connectivity index (χ0v) is 11.3. The first-order chi connectivity index (χ1) is 8.99. The van der Waals surface area contributed by atoms with Crippen LogP contribution in [0.15, 0.2) is 18.2 Å². The summed E-state index contributed by atoms with van der Waals surface area (Å²) in [6.45, 7) is 5.72. The van der Waals surface area contributed by atoms with Crippen LogP contribution in [0.4, 0.5) is 10.1 Å². The van der Waals surface area contributed by atoms with E-state index in [2.05, 4.69) is 18.7 Å². The molecule has 1 aliphatic rings. The smallest absolute Gasteiger partial charge is 0.296 e. The van der Waals surface area contributed by atoms with E-state index < -0.39 is 16.4 Å². The lowest BCUT2D eigenvalue weighted by atomic mass is 9.93. The number of benzene rings is 1. The van der Waals surface area contributed by atoms with Crippen LogP contribution in [0.3, 0.4) is 0 Å². The van der Waals surface area contributed by atoms with E-state index in [1.54, 1.807) is 12.1 Å². The average molecular weight is 266 g/mol. The SMILES string of the molecule is CC1CCN(Cc2cccc([N+](=O)[O-])c2F)C(C)C1. The Morgan fingerprint density at radius 1 is 1.47 bits per heavy atom. The van der Waals surface area contributed by atoms with Crippen LogP contribution in [0.5, 0.6) is 0 Å². The van der Waals surface area contributed by atoms with E-state index in [9.17, 15) is 14.5 Å². The predicted molar refractivity (Wildman–Crippen MR) is 71.3 cm³/mol. The van der Waals surface area contributed by atoms with E-state index in [4.69, 9.17) is 0 Å². The van der Waals surface area contributed by atoms with Gasteiger partial charge in [-0.2, -0.15) is 4.39 Å². The topological polar surface area (TPSA) is 46.4 Å². The largest absolute Gasteiger partial charge is 0.305 e. The minimum atomic E-state index is -0.696. The number of hydrogen-bond acceptors (Lipinski definition) is 3. The monoisotopic (exact) mass is 266 g/mol. The van der Waals surface area contributed by atoms with Crippen LogP contribution >= 0.6 is 0 Å². The second kappa shape index (κ2) is 5.65. The van der Waals surface area contributed by atoms with Crippen molar-refractivity contribution in [3.8, 4) is 0 Å². The van der Waals surface area contributed by atoms with Gasteiger partial charge in [0, 0.05) is 24.2 Å². The highest BCUT2D eigenvalue weighted by atomic mass is 19.1. The number of rotatable bonds is 3. The van der Waals surface area contributed by atoms with Crippen molar-refractivity contribution >= 4 is 5.69 Å². The van der Waals surface area contributed by atoms with Gasteiger partial charge in [-0.1, -0.05) is 19.1 Å². The molecule has 1 aromatic carbocycles. The molecule has 1 heterocycles. The van der Waals surface area contributed by atoms with Crippen LogP contribution in [0.2, 0.25) is 0 Å². The van der Waals surface area contributed by atoms with Gasteiger partial charge in [0.05, 0.1) is 4.92 Å². The van der Waals surface area contributed by atoms with Crippen LogP contribution in [0, 0.1) is 21.8 Å². The van der Waals surface area contributed by atoms with Gasteiger partial charge in [-0.3, -0.25) is 15.0 Å². The molecule has 1 aliphatic heterocycles. The first kappa shape index (κ1) is 13.9. The molecule has 0 aliphatic carbocycles. The number of hydrogen-bond donors (Lipinski definition) is 0. The molecule has 104 valence electrons. The maximum Gasteiger partial charge on any atom is 0.305 e. The minimum Gasteiger partial charge on any atom is -0.296 e. The van der Waals surface area contributed by atoms with Crippen LogP contribution in [0.1, 0.15) is 32.3 Å². The van der Waals surface area contributed by atoms with Gasteiger partial charge in [-0.25, -0.2) is 0 Å². The zero-order chi connectivity index (χ0) is 14.0. The number of nitro groups is 1. The molecule has 4 nitrogen and oxygen atoms in total. The maximum atomic E-state index is 14.0. The fourth-order valence-electron chi connectivity index (χ4n) is 2.74.